The summed E-state index contributed by atoms with van der Waals surface area (Å²) in [5.74, 6) is -0.740. The summed E-state index contributed by atoms with van der Waals surface area (Å²) in [6.07, 6.45) is 0. The lowest BCUT2D eigenvalue weighted by Gasteiger charge is -2.15. The van der Waals surface area contributed by atoms with Gasteiger partial charge in [-0.15, -0.1) is 11.3 Å². The van der Waals surface area contributed by atoms with Crippen molar-refractivity contribution in [2.75, 3.05) is 32.1 Å². The Morgan fingerprint density at radius 2 is 2.32 bits per heavy atom. The fourth-order valence-electron chi connectivity index (χ4n) is 1.43. The third kappa shape index (κ3) is 4.35. The van der Waals surface area contributed by atoms with Crippen LogP contribution in [0, 0.1) is 11.3 Å². The van der Waals surface area contributed by atoms with Gasteiger partial charge < -0.3 is 10.1 Å². The Bertz CT molecular complexity index is 493. The van der Waals surface area contributed by atoms with E-state index in [1.54, 1.807) is 16.3 Å². The average Bonchev–Trinajstić information content (AvgIpc) is 2.85. The number of nitrogens with one attached hydrogen (secondary N) is 1. The lowest BCUT2D eigenvalue weighted by atomic mass is 10.3. The first kappa shape index (κ1) is 15.1. The minimum atomic E-state index is -0.477. The van der Waals surface area contributed by atoms with Crippen molar-refractivity contribution < 1.29 is 14.3 Å². The van der Waals surface area contributed by atoms with E-state index in [0.717, 1.165) is 0 Å². The Hall–Kier alpha value is -1.91. The molecular formula is C12H15N3O3S. The summed E-state index contributed by atoms with van der Waals surface area (Å²) in [5.41, 5.74) is 0.440. The van der Waals surface area contributed by atoms with Gasteiger partial charge in [0.2, 0.25) is 5.91 Å². The summed E-state index contributed by atoms with van der Waals surface area (Å²) in [7, 11) is 1.29. The maximum atomic E-state index is 11.8. The smallest absolute Gasteiger partial charge is 0.350 e. The number of amides is 1. The van der Waals surface area contributed by atoms with E-state index in [0.29, 0.717) is 17.1 Å². The van der Waals surface area contributed by atoms with Crippen molar-refractivity contribution in [2.45, 2.75) is 6.92 Å². The molecule has 0 aliphatic rings. The van der Waals surface area contributed by atoms with Crippen LogP contribution in [-0.2, 0) is 9.53 Å². The van der Waals surface area contributed by atoms with Crippen LogP contribution in [-0.4, -0.2) is 43.5 Å². The topological polar surface area (TPSA) is 82.4 Å². The zero-order valence-corrected chi connectivity index (χ0v) is 11.6. The maximum absolute atomic E-state index is 11.8. The van der Waals surface area contributed by atoms with E-state index in [1.165, 1.54) is 18.4 Å². The van der Waals surface area contributed by atoms with Crippen molar-refractivity contribution in [2.24, 2.45) is 0 Å². The van der Waals surface area contributed by atoms with Crippen LogP contribution in [0.15, 0.2) is 11.4 Å². The summed E-state index contributed by atoms with van der Waals surface area (Å²) in [6.45, 7) is 2.78. The number of likely N-dealkylation sites (N-methyl/N-ethyl adjacent to an activating group) is 1. The lowest BCUT2D eigenvalue weighted by Crippen LogP contribution is -2.33. The van der Waals surface area contributed by atoms with Crippen LogP contribution in [0.5, 0.6) is 0 Å². The Morgan fingerprint density at radius 3 is 2.89 bits per heavy atom. The molecular weight excluding hydrogens is 266 g/mol. The SMILES string of the molecule is CCN(CC#N)CC(=O)Nc1ccsc1C(=O)OC. The molecule has 0 aliphatic carbocycles. The van der Waals surface area contributed by atoms with Crippen LogP contribution in [0.25, 0.3) is 0 Å². The van der Waals surface area contributed by atoms with Gasteiger partial charge in [0.25, 0.3) is 0 Å². The lowest BCUT2D eigenvalue weighted by molar-refractivity contribution is -0.117. The Labute approximate surface area is 115 Å². The van der Waals surface area contributed by atoms with Gasteiger partial charge >= 0.3 is 5.97 Å². The fraction of sp³-hybridized carbons (Fsp3) is 0.417. The number of hydrogen-bond acceptors (Lipinski definition) is 6. The molecule has 0 saturated carbocycles. The fourth-order valence-corrected chi connectivity index (χ4v) is 2.20. The second-order valence-corrected chi connectivity index (χ2v) is 4.58. The first-order valence-corrected chi connectivity index (χ1v) is 6.55. The Balaban J connectivity index is 2.65. The number of rotatable bonds is 6. The predicted molar refractivity (Wildman–Crippen MR) is 72.0 cm³/mol. The molecule has 0 radical (unpaired) electrons. The number of anilines is 1. The van der Waals surface area contributed by atoms with E-state index < -0.39 is 5.97 Å². The largest absolute Gasteiger partial charge is 0.465 e. The molecule has 102 valence electrons. The molecule has 1 aromatic rings. The van der Waals surface area contributed by atoms with Crippen LogP contribution >= 0.6 is 11.3 Å². The van der Waals surface area contributed by atoms with Gasteiger partial charge in [-0.2, -0.15) is 5.26 Å². The third-order valence-electron chi connectivity index (χ3n) is 2.42. The molecule has 6 nitrogen and oxygen atoms in total. The van der Waals surface area contributed by atoms with E-state index in [9.17, 15) is 9.59 Å². The molecule has 0 spiro atoms. The summed E-state index contributed by atoms with van der Waals surface area (Å²) >= 11 is 1.20. The standard InChI is InChI=1S/C12H15N3O3S/c1-3-15(6-5-13)8-10(16)14-9-4-7-19-11(9)12(17)18-2/h4,7H,3,6,8H2,1-2H3,(H,14,16). The second-order valence-electron chi connectivity index (χ2n) is 3.66. The van der Waals surface area contributed by atoms with Gasteiger partial charge in [0.15, 0.2) is 0 Å². The third-order valence-corrected chi connectivity index (χ3v) is 3.31. The number of ether oxygens (including phenoxy) is 1. The molecule has 0 fully saturated rings. The van der Waals surface area contributed by atoms with Gasteiger partial charge in [-0.1, -0.05) is 6.92 Å². The van der Waals surface area contributed by atoms with Crippen molar-refractivity contribution in [1.29, 1.82) is 5.26 Å². The maximum Gasteiger partial charge on any atom is 0.350 e. The van der Waals surface area contributed by atoms with Crippen molar-refractivity contribution >= 4 is 28.9 Å². The first-order chi connectivity index (χ1) is 9.12. The molecule has 1 rings (SSSR count). The molecule has 0 unspecified atom stereocenters. The van der Waals surface area contributed by atoms with Gasteiger partial charge in [-0.25, -0.2) is 4.79 Å². The number of carbonyl (C=O) groups excluding carboxylic acids is 2. The van der Waals surface area contributed by atoms with Gasteiger partial charge in [0.1, 0.15) is 4.88 Å². The molecule has 0 atom stereocenters. The highest BCUT2D eigenvalue weighted by Crippen LogP contribution is 2.22. The minimum absolute atomic E-state index is 0.112. The van der Waals surface area contributed by atoms with E-state index in [-0.39, 0.29) is 19.0 Å². The molecule has 1 heterocycles. The quantitative estimate of drug-likeness (QED) is 0.628. The number of thiophene rings is 1. The highest BCUT2D eigenvalue weighted by molar-refractivity contribution is 7.12. The number of hydrogen-bond donors (Lipinski definition) is 1. The van der Waals surface area contributed by atoms with Crippen LogP contribution in [0.3, 0.4) is 0 Å². The van der Waals surface area contributed by atoms with Crippen molar-refractivity contribution in [3.63, 3.8) is 0 Å². The van der Waals surface area contributed by atoms with E-state index in [1.807, 2.05) is 13.0 Å². The highest BCUT2D eigenvalue weighted by atomic mass is 32.1. The molecule has 1 aromatic heterocycles. The molecule has 0 bridgehead atoms. The summed E-state index contributed by atoms with van der Waals surface area (Å²) < 4.78 is 4.62. The van der Waals surface area contributed by atoms with Crippen LogP contribution < -0.4 is 5.32 Å². The molecule has 7 heteroatoms. The van der Waals surface area contributed by atoms with Crippen LogP contribution in [0.4, 0.5) is 5.69 Å². The summed E-state index contributed by atoms with van der Waals surface area (Å²) in [5, 5.41) is 13.0. The zero-order chi connectivity index (χ0) is 14.3. The minimum Gasteiger partial charge on any atom is -0.465 e. The predicted octanol–water partition coefficient (Wildman–Crippen LogP) is 1.32. The summed E-state index contributed by atoms with van der Waals surface area (Å²) in [4.78, 5) is 25.3. The number of nitrogens with zero attached hydrogens (tertiary/aromatic N) is 2. The average molecular weight is 281 g/mol. The molecule has 19 heavy (non-hydrogen) atoms. The molecule has 0 aromatic carbocycles. The zero-order valence-electron chi connectivity index (χ0n) is 10.8. The highest BCUT2D eigenvalue weighted by Gasteiger charge is 2.16. The molecule has 0 aliphatic heterocycles. The Kier molecular flexibility index (Phi) is 5.99. The number of nitriles is 1. The van der Waals surface area contributed by atoms with Gasteiger partial charge in [0.05, 0.1) is 32.0 Å². The number of esters is 1. The van der Waals surface area contributed by atoms with Crippen LogP contribution in [0.1, 0.15) is 16.6 Å². The summed E-state index contributed by atoms with van der Waals surface area (Å²) in [6, 6.07) is 3.64. The Morgan fingerprint density at radius 1 is 1.58 bits per heavy atom. The van der Waals surface area contributed by atoms with Crippen molar-refractivity contribution in [3.8, 4) is 6.07 Å². The monoisotopic (exact) mass is 281 g/mol. The van der Waals surface area contributed by atoms with Gasteiger partial charge in [-0.3, -0.25) is 9.69 Å². The molecule has 1 N–H and O–H groups in total. The number of carbonyl (C=O) groups is 2. The molecule has 1 amide bonds. The van der Waals surface area contributed by atoms with Gasteiger partial charge in [0, 0.05) is 0 Å². The number of methoxy groups -OCH3 is 1. The van der Waals surface area contributed by atoms with Crippen molar-refractivity contribution in [3.05, 3.63) is 16.3 Å². The van der Waals surface area contributed by atoms with E-state index in [4.69, 9.17) is 5.26 Å². The normalized spacial score (nSPS) is 10.0. The first-order valence-electron chi connectivity index (χ1n) is 5.67. The van der Waals surface area contributed by atoms with Crippen LogP contribution in [0.2, 0.25) is 0 Å². The van der Waals surface area contributed by atoms with Gasteiger partial charge in [-0.05, 0) is 18.0 Å². The van der Waals surface area contributed by atoms with Crippen molar-refractivity contribution in [1.82, 2.24) is 4.90 Å². The van der Waals surface area contributed by atoms with E-state index >= 15 is 0 Å². The molecule has 0 saturated heterocycles. The van der Waals surface area contributed by atoms with E-state index in [2.05, 4.69) is 10.1 Å². The second kappa shape index (κ2) is 7.51.